The van der Waals surface area contributed by atoms with Crippen molar-refractivity contribution in [3.05, 3.63) is 22.3 Å². The van der Waals surface area contributed by atoms with Gasteiger partial charge in [0.15, 0.2) is 0 Å². The minimum Gasteiger partial charge on any atom is -0.417 e. The molecule has 0 unspecified atom stereocenters. The maximum Gasteiger partial charge on any atom is 0.388 e. The van der Waals surface area contributed by atoms with Crippen molar-refractivity contribution in [2.45, 2.75) is 13.5 Å². The van der Waals surface area contributed by atoms with Crippen LogP contribution in [-0.2, 0) is 0 Å². The second-order valence-electron chi connectivity index (χ2n) is 2.13. The molecule has 0 fully saturated rings. The lowest BCUT2D eigenvalue weighted by Gasteiger charge is -2.05. The van der Waals surface area contributed by atoms with Crippen molar-refractivity contribution < 1.29 is 13.5 Å². The minimum absolute atomic E-state index is 0.0422. The topological polar surface area (TPSA) is 22.1 Å². The molecule has 0 aliphatic carbocycles. The Morgan fingerprint density at radius 1 is 1.50 bits per heavy atom. The van der Waals surface area contributed by atoms with E-state index in [2.05, 4.69) is 25.7 Å². The molecule has 1 aromatic heterocycles. The van der Waals surface area contributed by atoms with Gasteiger partial charge in [-0.25, -0.2) is 4.98 Å². The fourth-order valence-electron chi connectivity index (χ4n) is 0.691. The summed E-state index contributed by atoms with van der Waals surface area (Å²) in [6, 6.07) is 3.31. The van der Waals surface area contributed by atoms with Crippen LogP contribution in [0.5, 0.6) is 5.88 Å². The Kier molecular flexibility index (Phi) is 2.97. The normalized spacial score (nSPS) is 10.4. The number of rotatable bonds is 2. The van der Waals surface area contributed by atoms with Crippen LogP contribution in [0.2, 0.25) is 0 Å². The van der Waals surface area contributed by atoms with Gasteiger partial charge in [0.1, 0.15) is 4.60 Å². The number of ether oxygens (including phenoxy) is 1. The zero-order chi connectivity index (χ0) is 9.14. The molecule has 1 heterocycles. The number of hydrogen-bond donors (Lipinski definition) is 0. The number of alkyl halides is 2. The van der Waals surface area contributed by atoms with Crippen LogP contribution < -0.4 is 4.74 Å². The third-order valence-corrected chi connectivity index (χ3v) is 1.66. The molecule has 2 nitrogen and oxygen atoms in total. The number of hydrogen-bond acceptors (Lipinski definition) is 2. The smallest absolute Gasteiger partial charge is 0.388 e. The lowest BCUT2D eigenvalue weighted by atomic mass is 10.3. The van der Waals surface area contributed by atoms with Crippen molar-refractivity contribution in [1.29, 1.82) is 0 Å². The van der Waals surface area contributed by atoms with Gasteiger partial charge in [-0.15, -0.1) is 0 Å². The molecule has 0 radical (unpaired) electrons. The van der Waals surface area contributed by atoms with Gasteiger partial charge >= 0.3 is 6.61 Å². The molecule has 1 rings (SSSR count). The number of halogens is 3. The van der Waals surface area contributed by atoms with E-state index in [0.29, 0.717) is 10.2 Å². The number of aryl methyl sites for hydroxylation is 1. The van der Waals surface area contributed by atoms with Crippen LogP contribution >= 0.6 is 15.9 Å². The first kappa shape index (κ1) is 9.38. The first-order chi connectivity index (χ1) is 5.59. The van der Waals surface area contributed by atoms with Crippen molar-refractivity contribution in [3.8, 4) is 5.88 Å². The summed E-state index contributed by atoms with van der Waals surface area (Å²) in [6.45, 7) is -1.18. The quantitative estimate of drug-likeness (QED) is 0.739. The standard InChI is InChI=1S/C7H6BrF2NO/c1-4-2-3-5(8)11-6(4)12-7(9)10/h2-3,7H,1H3. The van der Waals surface area contributed by atoms with Crippen LogP contribution in [0.25, 0.3) is 0 Å². The van der Waals surface area contributed by atoms with E-state index < -0.39 is 6.61 Å². The minimum atomic E-state index is -2.83. The highest BCUT2D eigenvalue weighted by atomic mass is 79.9. The van der Waals surface area contributed by atoms with Crippen LogP contribution in [0.1, 0.15) is 5.56 Å². The molecule has 0 amide bonds. The molecule has 0 aliphatic rings. The third-order valence-electron chi connectivity index (χ3n) is 1.22. The molecule has 0 N–H and O–H groups in total. The largest absolute Gasteiger partial charge is 0.417 e. The summed E-state index contributed by atoms with van der Waals surface area (Å²) in [5.74, 6) is -0.0422. The molecule has 0 saturated carbocycles. The summed E-state index contributed by atoms with van der Waals surface area (Å²) in [5, 5.41) is 0. The Balaban J connectivity index is 2.90. The van der Waals surface area contributed by atoms with E-state index >= 15 is 0 Å². The van der Waals surface area contributed by atoms with Gasteiger partial charge in [0.05, 0.1) is 0 Å². The van der Waals surface area contributed by atoms with Crippen molar-refractivity contribution in [2.75, 3.05) is 0 Å². The Hall–Kier alpha value is -0.710. The zero-order valence-electron chi connectivity index (χ0n) is 6.22. The van der Waals surface area contributed by atoms with Gasteiger partial charge in [-0.1, -0.05) is 6.07 Å². The fourth-order valence-corrected chi connectivity index (χ4v) is 0.984. The Morgan fingerprint density at radius 3 is 2.75 bits per heavy atom. The second-order valence-corrected chi connectivity index (χ2v) is 2.95. The maximum absolute atomic E-state index is 11.8. The molecule has 0 bridgehead atoms. The molecule has 0 saturated heterocycles. The molecule has 0 aromatic carbocycles. The van der Waals surface area contributed by atoms with Gasteiger partial charge in [-0.05, 0) is 28.9 Å². The summed E-state index contributed by atoms with van der Waals surface area (Å²) in [7, 11) is 0. The number of pyridine rings is 1. The summed E-state index contributed by atoms with van der Waals surface area (Å²) in [5.41, 5.74) is 0.582. The van der Waals surface area contributed by atoms with Crippen molar-refractivity contribution >= 4 is 15.9 Å². The van der Waals surface area contributed by atoms with Crippen LogP contribution in [0.3, 0.4) is 0 Å². The van der Waals surface area contributed by atoms with Crippen molar-refractivity contribution in [3.63, 3.8) is 0 Å². The van der Waals surface area contributed by atoms with Crippen LogP contribution in [0, 0.1) is 6.92 Å². The maximum atomic E-state index is 11.8. The monoisotopic (exact) mass is 237 g/mol. The predicted molar refractivity (Wildman–Crippen MR) is 43.3 cm³/mol. The average molecular weight is 238 g/mol. The SMILES string of the molecule is Cc1ccc(Br)nc1OC(F)F. The van der Waals surface area contributed by atoms with Gasteiger partial charge < -0.3 is 4.74 Å². The lowest BCUT2D eigenvalue weighted by Crippen LogP contribution is -2.04. The van der Waals surface area contributed by atoms with E-state index in [0.717, 1.165) is 0 Å². The highest BCUT2D eigenvalue weighted by Gasteiger charge is 2.08. The highest BCUT2D eigenvalue weighted by Crippen LogP contribution is 2.19. The lowest BCUT2D eigenvalue weighted by molar-refractivity contribution is -0.0534. The molecule has 0 atom stereocenters. The molecule has 66 valence electrons. The molecule has 1 aromatic rings. The molecular formula is C7H6BrF2NO. The average Bonchev–Trinajstić information content (AvgIpc) is 1.96. The van der Waals surface area contributed by atoms with Crippen molar-refractivity contribution in [1.82, 2.24) is 4.98 Å². The van der Waals surface area contributed by atoms with E-state index in [4.69, 9.17) is 0 Å². The molecule has 5 heteroatoms. The van der Waals surface area contributed by atoms with E-state index in [1.165, 1.54) is 0 Å². The van der Waals surface area contributed by atoms with Crippen LogP contribution in [-0.4, -0.2) is 11.6 Å². The molecule has 12 heavy (non-hydrogen) atoms. The Labute approximate surface area is 76.7 Å². The summed E-state index contributed by atoms with van der Waals surface area (Å²) >= 11 is 3.05. The van der Waals surface area contributed by atoms with E-state index in [9.17, 15) is 8.78 Å². The van der Waals surface area contributed by atoms with Gasteiger partial charge in [0, 0.05) is 5.56 Å². The van der Waals surface area contributed by atoms with Gasteiger partial charge in [-0.2, -0.15) is 8.78 Å². The number of aromatic nitrogens is 1. The highest BCUT2D eigenvalue weighted by molar-refractivity contribution is 9.10. The van der Waals surface area contributed by atoms with Gasteiger partial charge in [0.2, 0.25) is 5.88 Å². The second kappa shape index (κ2) is 3.80. The first-order valence-electron chi connectivity index (χ1n) is 3.17. The van der Waals surface area contributed by atoms with Gasteiger partial charge in [0.25, 0.3) is 0 Å². The Bertz CT molecular complexity index is 280. The van der Waals surface area contributed by atoms with E-state index in [1.807, 2.05) is 0 Å². The molecule has 0 spiro atoms. The van der Waals surface area contributed by atoms with Crippen LogP contribution in [0.15, 0.2) is 16.7 Å². The molecular weight excluding hydrogens is 232 g/mol. The zero-order valence-corrected chi connectivity index (χ0v) is 7.81. The summed E-state index contributed by atoms with van der Waals surface area (Å²) in [4.78, 5) is 3.73. The van der Waals surface area contributed by atoms with Crippen LogP contribution in [0.4, 0.5) is 8.78 Å². The van der Waals surface area contributed by atoms with E-state index in [-0.39, 0.29) is 5.88 Å². The Morgan fingerprint density at radius 2 is 2.17 bits per heavy atom. The molecule has 0 aliphatic heterocycles. The first-order valence-corrected chi connectivity index (χ1v) is 3.97. The number of nitrogens with zero attached hydrogens (tertiary/aromatic N) is 1. The van der Waals surface area contributed by atoms with Crippen molar-refractivity contribution in [2.24, 2.45) is 0 Å². The third kappa shape index (κ3) is 2.41. The van der Waals surface area contributed by atoms with Gasteiger partial charge in [-0.3, -0.25) is 0 Å². The van der Waals surface area contributed by atoms with E-state index in [1.54, 1.807) is 19.1 Å². The summed E-state index contributed by atoms with van der Waals surface area (Å²) in [6.07, 6.45) is 0. The fraction of sp³-hybridized carbons (Fsp3) is 0.286. The summed E-state index contributed by atoms with van der Waals surface area (Å²) < 4.78 is 28.1. The predicted octanol–water partition coefficient (Wildman–Crippen LogP) is 2.75.